The number of carbonyl (C=O) groups excluding carboxylic acids is 1. The Hall–Kier alpha value is -0.570. The smallest absolute Gasteiger partial charge is 0.217 e. The zero-order valence-corrected chi connectivity index (χ0v) is 11.0. The molecular formula is C14H26N2O. The summed E-state index contributed by atoms with van der Waals surface area (Å²) >= 11 is 0. The summed E-state index contributed by atoms with van der Waals surface area (Å²) in [5, 5.41) is 3.52. The Morgan fingerprint density at radius 3 is 2.47 bits per heavy atom. The topological polar surface area (TPSA) is 55.1 Å². The van der Waals surface area contributed by atoms with Crippen LogP contribution in [0.15, 0.2) is 0 Å². The van der Waals surface area contributed by atoms with Crippen LogP contribution in [0.25, 0.3) is 0 Å². The van der Waals surface area contributed by atoms with Gasteiger partial charge in [0.1, 0.15) is 0 Å². The molecule has 2 atom stereocenters. The van der Waals surface area contributed by atoms with E-state index in [-0.39, 0.29) is 5.91 Å². The van der Waals surface area contributed by atoms with Crippen molar-refractivity contribution in [3.8, 4) is 0 Å². The van der Waals surface area contributed by atoms with Crippen LogP contribution in [-0.2, 0) is 4.79 Å². The molecule has 0 aromatic carbocycles. The van der Waals surface area contributed by atoms with E-state index in [2.05, 4.69) is 12.2 Å². The lowest BCUT2D eigenvalue weighted by molar-refractivity contribution is -0.119. The van der Waals surface area contributed by atoms with Crippen LogP contribution < -0.4 is 11.1 Å². The van der Waals surface area contributed by atoms with Crippen molar-refractivity contribution in [1.82, 2.24) is 5.32 Å². The van der Waals surface area contributed by atoms with E-state index >= 15 is 0 Å². The van der Waals surface area contributed by atoms with Crippen LogP contribution in [0, 0.1) is 17.8 Å². The quantitative estimate of drug-likeness (QED) is 0.790. The molecule has 2 rings (SSSR count). The fourth-order valence-electron chi connectivity index (χ4n) is 3.75. The van der Waals surface area contributed by atoms with Gasteiger partial charge in [0.05, 0.1) is 0 Å². The summed E-state index contributed by atoms with van der Waals surface area (Å²) in [5.74, 6) is 2.27. The fraction of sp³-hybridized carbons (Fsp3) is 0.929. The molecule has 2 unspecified atom stereocenters. The maximum atomic E-state index is 10.9. The van der Waals surface area contributed by atoms with Gasteiger partial charge in [-0.2, -0.15) is 0 Å². The van der Waals surface area contributed by atoms with Crippen LogP contribution >= 0.6 is 0 Å². The molecule has 1 heterocycles. The summed E-state index contributed by atoms with van der Waals surface area (Å²) in [5.41, 5.74) is 5.27. The van der Waals surface area contributed by atoms with Crippen LogP contribution in [0.1, 0.15) is 51.9 Å². The molecule has 0 aromatic heterocycles. The fourth-order valence-corrected chi connectivity index (χ4v) is 3.75. The predicted octanol–water partition coefficient (Wildman–Crippen LogP) is 2.06. The molecule has 1 aliphatic heterocycles. The molecule has 98 valence electrons. The van der Waals surface area contributed by atoms with Crippen molar-refractivity contribution < 1.29 is 4.79 Å². The molecule has 3 heteroatoms. The molecule has 0 radical (unpaired) electrons. The maximum Gasteiger partial charge on any atom is 0.217 e. The Morgan fingerprint density at radius 2 is 1.88 bits per heavy atom. The largest absolute Gasteiger partial charge is 0.370 e. The lowest BCUT2D eigenvalue weighted by atomic mass is 9.71. The molecule has 0 aromatic rings. The van der Waals surface area contributed by atoms with Gasteiger partial charge < -0.3 is 11.1 Å². The van der Waals surface area contributed by atoms with Crippen molar-refractivity contribution in [2.75, 3.05) is 6.54 Å². The third kappa shape index (κ3) is 3.70. The highest BCUT2D eigenvalue weighted by Gasteiger charge is 2.30. The molecule has 1 amide bonds. The molecule has 2 fully saturated rings. The van der Waals surface area contributed by atoms with Gasteiger partial charge in [0, 0.05) is 12.5 Å². The lowest BCUT2D eigenvalue weighted by Gasteiger charge is -2.37. The minimum Gasteiger partial charge on any atom is -0.370 e. The molecule has 1 aliphatic carbocycles. The first-order valence-electron chi connectivity index (χ1n) is 7.17. The van der Waals surface area contributed by atoms with E-state index in [1.165, 1.54) is 45.1 Å². The Morgan fingerprint density at radius 1 is 1.18 bits per heavy atom. The first-order valence-corrected chi connectivity index (χ1v) is 7.17. The van der Waals surface area contributed by atoms with Gasteiger partial charge in [-0.3, -0.25) is 4.79 Å². The zero-order valence-electron chi connectivity index (χ0n) is 11.0. The van der Waals surface area contributed by atoms with Crippen LogP contribution in [0.3, 0.4) is 0 Å². The maximum absolute atomic E-state index is 10.9. The molecule has 0 bridgehead atoms. The summed E-state index contributed by atoms with van der Waals surface area (Å²) in [7, 11) is 0. The van der Waals surface area contributed by atoms with Gasteiger partial charge in [-0.05, 0) is 69.7 Å². The minimum atomic E-state index is -0.121. The number of nitrogens with one attached hydrogen (secondary N) is 1. The third-order valence-electron chi connectivity index (χ3n) is 4.71. The van der Waals surface area contributed by atoms with E-state index in [1.807, 2.05) is 0 Å². The standard InChI is InChI=1S/C14H26N2O/c1-10-8-13(6-7-16-10)12-4-2-11(3-5-12)9-14(15)17/h10-13,16H,2-9H2,1H3,(H2,15,17). The van der Waals surface area contributed by atoms with Crippen molar-refractivity contribution in [3.05, 3.63) is 0 Å². The molecule has 17 heavy (non-hydrogen) atoms. The number of piperidine rings is 1. The second kappa shape index (κ2) is 5.85. The molecule has 2 aliphatic rings. The van der Waals surface area contributed by atoms with E-state index in [9.17, 15) is 4.79 Å². The van der Waals surface area contributed by atoms with Crippen LogP contribution in [0.5, 0.6) is 0 Å². The van der Waals surface area contributed by atoms with E-state index in [0.29, 0.717) is 18.4 Å². The molecule has 3 N–H and O–H groups in total. The Kier molecular flexibility index (Phi) is 4.43. The normalized spacial score (nSPS) is 38.9. The van der Waals surface area contributed by atoms with Gasteiger partial charge in [-0.25, -0.2) is 0 Å². The van der Waals surface area contributed by atoms with Gasteiger partial charge in [-0.15, -0.1) is 0 Å². The molecule has 1 saturated heterocycles. The van der Waals surface area contributed by atoms with Crippen molar-refractivity contribution in [3.63, 3.8) is 0 Å². The number of carbonyl (C=O) groups is 1. The Balaban J connectivity index is 1.76. The van der Waals surface area contributed by atoms with E-state index in [0.717, 1.165) is 11.8 Å². The van der Waals surface area contributed by atoms with Gasteiger partial charge in [0.15, 0.2) is 0 Å². The monoisotopic (exact) mass is 238 g/mol. The highest BCUT2D eigenvalue weighted by molar-refractivity contribution is 5.73. The Bertz CT molecular complexity index is 259. The van der Waals surface area contributed by atoms with E-state index in [4.69, 9.17) is 5.73 Å². The van der Waals surface area contributed by atoms with E-state index < -0.39 is 0 Å². The van der Waals surface area contributed by atoms with Gasteiger partial charge in [-0.1, -0.05) is 0 Å². The zero-order chi connectivity index (χ0) is 12.3. The summed E-state index contributed by atoms with van der Waals surface area (Å²) in [6, 6.07) is 0.692. The van der Waals surface area contributed by atoms with Crippen molar-refractivity contribution >= 4 is 5.91 Å². The van der Waals surface area contributed by atoms with Gasteiger partial charge in [0.2, 0.25) is 5.91 Å². The number of primary amides is 1. The van der Waals surface area contributed by atoms with Crippen molar-refractivity contribution in [2.24, 2.45) is 23.5 Å². The van der Waals surface area contributed by atoms with Gasteiger partial charge >= 0.3 is 0 Å². The lowest BCUT2D eigenvalue weighted by Crippen LogP contribution is -2.39. The average Bonchev–Trinajstić information content (AvgIpc) is 2.29. The SMILES string of the molecule is CC1CC(C2CCC(CC(N)=O)CC2)CCN1. The van der Waals surface area contributed by atoms with Crippen LogP contribution in [0.4, 0.5) is 0 Å². The number of nitrogens with two attached hydrogens (primary N) is 1. The number of amides is 1. The summed E-state index contributed by atoms with van der Waals surface area (Å²) in [4.78, 5) is 10.9. The summed E-state index contributed by atoms with van der Waals surface area (Å²) < 4.78 is 0. The van der Waals surface area contributed by atoms with Crippen molar-refractivity contribution in [1.29, 1.82) is 0 Å². The first-order chi connectivity index (χ1) is 8.15. The second-order valence-electron chi connectivity index (χ2n) is 6.09. The molecule has 0 spiro atoms. The first kappa shape index (κ1) is 12.9. The Labute approximate surface area is 105 Å². The average molecular weight is 238 g/mol. The number of hydrogen-bond acceptors (Lipinski definition) is 2. The summed E-state index contributed by atoms with van der Waals surface area (Å²) in [6.45, 7) is 3.48. The second-order valence-corrected chi connectivity index (χ2v) is 6.09. The highest BCUT2D eigenvalue weighted by atomic mass is 16.1. The minimum absolute atomic E-state index is 0.121. The predicted molar refractivity (Wildman–Crippen MR) is 69.4 cm³/mol. The molecule has 1 saturated carbocycles. The van der Waals surface area contributed by atoms with Gasteiger partial charge in [0.25, 0.3) is 0 Å². The third-order valence-corrected chi connectivity index (χ3v) is 4.71. The van der Waals surface area contributed by atoms with Crippen LogP contribution in [0.2, 0.25) is 0 Å². The molecule has 3 nitrogen and oxygen atoms in total. The van der Waals surface area contributed by atoms with Crippen molar-refractivity contribution in [2.45, 2.75) is 57.9 Å². The number of rotatable bonds is 3. The van der Waals surface area contributed by atoms with Crippen LogP contribution in [-0.4, -0.2) is 18.5 Å². The molecular weight excluding hydrogens is 212 g/mol. The van der Waals surface area contributed by atoms with E-state index in [1.54, 1.807) is 0 Å². The highest BCUT2D eigenvalue weighted by Crippen LogP contribution is 2.38. The number of hydrogen-bond donors (Lipinski definition) is 2. The summed E-state index contributed by atoms with van der Waals surface area (Å²) in [6.07, 6.45) is 8.35.